The van der Waals surface area contributed by atoms with Crippen LogP contribution in [0.1, 0.15) is 22.3 Å². The van der Waals surface area contributed by atoms with E-state index < -0.39 is 0 Å². The van der Waals surface area contributed by atoms with E-state index >= 15 is 0 Å². The van der Waals surface area contributed by atoms with E-state index in [0.717, 1.165) is 5.56 Å². The molecule has 126 valence electrons. The Morgan fingerprint density at radius 1 is 1.12 bits per heavy atom. The van der Waals surface area contributed by atoms with Gasteiger partial charge in [0.25, 0.3) is 0 Å². The Labute approximate surface area is 158 Å². The monoisotopic (exact) mass is 438 g/mol. The number of guanidine groups is 1. The van der Waals surface area contributed by atoms with E-state index in [4.69, 9.17) is 5.26 Å². The molecule has 2 aromatic rings. The molecule has 2 N–H and O–H groups in total. The van der Waals surface area contributed by atoms with Crippen molar-refractivity contribution in [1.82, 2.24) is 10.6 Å². The molecule has 0 aliphatic rings. The third-order valence-electron chi connectivity index (χ3n) is 3.43. The lowest BCUT2D eigenvalue weighted by Gasteiger charge is -2.12. The number of nitriles is 1. The molecule has 0 unspecified atom stereocenters. The summed E-state index contributed by atoms with van der Waals surface area (Å²) < 4.78 is 13.7. The molecule has 0 saturated carbocycles. The standard InChI is InChI=1S/C18H19FN4.HI/c1-13-3-5-14(6-4-13)11-22-18(21-2)23-12-16-9-15(10-20)7-8-17(16)19;/h3-9H,11-12H2,1-2H3,(H2,21,22,23);1H. The van der Waals surface area contributed by atoms with Gasteiger partial charge in [0.2, 0.25) is 0 Å². The molecule has 0 aliphatic heterocycles. The van der Waals surface area contributed by atoms with Crippen LogP contribution in [0.2, 0.25) is 0 Å². The highest BCUT2D eigenvalue weighted by Crippen LogP contribution is 2.09. The average Bonchev–Trinajstić information content (AvgIpc) is 2.58. The van der Waals surface area contributed by atoms with Gasteiger partial charge in [-0.1, -0.05) is 29.8 Å². The summed E-state index contributed by atoms with van der Waals surface area (Å²) in [4.78, 5) is 4.11. The SMILES string of the molecule is CN=C(NCc1ccc(C)cc1)NCc1cc(C#N)ccc1F.I. The Balaban J connectivity index is 0.00000288. The summed E-state index contributed by atoms with van der Waals surface area (Å²) in [6.45, 7) is 2.93. The first kappa shape index (κ1) is 19.9. The predicted octanol–water partition coefficient (Wildman–Crippen LogP) is 3.49. The molecule has 0 fully saturated rings. The largest absolute Gasteiger partial charge is 0.352 e. The fraction of sp³-hybridized carbons (Fsp3) is 0.222. The topological polar surface area (TPSA) is 60.2 Å². The molecule has 0 aromatic heterocycles. The number of aryl methyl sites for hydroxylation is 1. The third kappa shape index (κ3) is 5.81. The summed E-state index contributed by atoms with van der Waals surface area (Å²) in [6.07, 6.45) is 0. The second-order valence-corrected chi connectivity index (χ2v) is 5.18. The zero-order valence-electron chi connectivity index (χ0n) is 13.6. The van der Waals surface area contributed by atoms with Gasteiger partial charge in [-0.15, -0.1) is 24.0 Å². The first-order valence-electron chi connectivity index (χ1n) is 7.31. The van der Waals surface area contributed by atoms with Gasteiger partial charge in [-0.05, 0) is 30.7 Å². The number of hydrogen-bond acceptors (Lipinski definition) is 2. The Bertz CT molecular complexity index is 736. The summed E-state index contributed by atoms with van der Waals surface area (Å²) in [5, 5.41) is 15.1. The van der Waals surface area contributed by atoms with E-state index in [1.807, 2.05) is 25.1 Å². The Morgan fingerprint density at radius 2 is 1.79 bits per heavy atom. The van der Waals surface area contributed by atoms with Gasteiger partial charge in [0.1, 0.15) is 5.82 Å². The van der Waals surface area contributed by atoms with Crippen molar-refractivity contribution in [2.24, 2.45) is 4.99 Å². The molecule has 0 atom stereocenters. The smallest absolute Gasteiger partial charge is 0.191 e. The van der Waals surface area contributed by atoms with Gasteiger partial charge in [-0.2, -0.15) is 5.26 Å². The molecule has 2 aromatic carbocycles. The molecule has 4 nitrogen and oxygen atoms in total. The van der Waals surface area contributed by atoms with Crippen molar-refractivity contribution in [3.05, 3.63) is 70.5 Å². The first-order valence-corrected chi connectivity index (χ1v) is 7.31. The Morgan fingerprint density at radius 3 is 2.42 bits per heavy atom. The Hall–Kier alpha value is -2.14. The van der Waals surface area contributed by atoms with Crippen LogP contribution in [0.25, 0.3) is 0 Å². The highest BCUT2D eigenvalue weighted by molar-refractivity contribution is 14.0. The molecule has 24 heavy (non-hydrogen) atoms. The van der Waals surface area contributed by atoms with Crippen LogP contribution < -0.4 is 10.6 Å². The highest BCUT2D eigenvalue weighted by atomic mass is 127. The van der Waals surface area contributed by atoms with Gasteiger partial charge in [0.05, 0.1) is 11.6 Å². The van der Waals surface area contributed by atoms with Gasteiger partial charge < -0.3 is 10.6 Å². The van der Waals surface area contributed by atoms with Crippen LogP contribution in [-0.2, 0) is 13.1 Å². The van der Waals surface area contributed by atoms with Crippen LogP contribution in [0, 0.1) is 24.1 Å². The lowest BCUT2D eigenvalue weighted by atomic mass is 10.1. The van der Waals surface area contributed by atoms with Gasteiger partial charge in [0, 0.05) is 25.7 Å². The maximum atomic E-state index is 13.7. The van der Waals surface area contributed by atoms with Crippen LogP contribution in [0.15, 0.2) is 47.5 Å². The predicted molar refractivity (Wildman–Crippen MR) is 105 cm³/mol. The molecule has 0 spiro atoms. The summed E-state index contributed by atoms with van der Waals surface area (Å²) in [5.41, 5.74) is 3.22. The van der Waals surface area contributed by atoms with Crippen LogP contribution >= 0.6 is 24.0 Å². The number of aliphatic imine (C=N–C) groups is 1. The highest BCUT2D eigenvalue weighted by Gasteiger charge is 2.05. The quantitative estimate of drug-likeness (QED) is 0.437. The lowest BCUT2D eigenvalue weighted by molar-refractivity contribution is 0.604. The summed E-state index contributed by atoms with van der Waals surface area (Å²) >= 11 is 0. The maximum Gasteiger partial charge on any atom is 0.191 e. The van der Waals surface area contributed by atoms with Gasteiger partial charge in [-0.3, -0.25) is 4.99 Å². The maximum absolute atomic E-state index is 13.7. The molecule has 2 rings (SSSR count). The van der Waals surface area contributed by atoms with Crippen LogP contribution in [0.4, 0.5) is 4.39 Å². The summed E-state index contributed by atoms with van der Waals surface area (Å²) in [6, 6.07) is 14.5. The van der Waals surface area contributed by atoms with E-state index in [-0.39, 0.29) is 36.3 Å². The van der Waals surface area contributed by atoms with Crippen molar-refractivity contribution in [2.45, 2.75) is 20.0 Å². The summed E-state index contributed by atoms with van der Waals surface area (Å²) in [5.74, 6) is 0.234. The molecule has 0 amide bonds. The molecule has 0 heterocycles. The van der Waals surface area contributed by atoms with Crippen LogP contribution in [-0.4, -0.2) is 13.0 Å². The first-order chi connectivity index (χ1) is 11.1. The van der Waals surface area contributed by atoms with Gasteiger partial charge in [0.15, 0.2) is 5.96 Å². The lowest BCUT2D eigenvalue weighted by Crippen LogP contribution is -2.36. The second kappa shape index (κ2) is 9.88. The third-order valence-corrected chi connectivity index (χ3v) is 3.43. The van der Waals surface area contributed by atoms with Gasteiger partial charge in [-0.25, -0.2) is 4.39 Å². The van der Waals surface area contributed by atoms with Crippen molar-refractivity contribution in [3.63, 3.8) is 0 Å². The molecule has 6 heteroatoms. The molecule has 0 saturated heterocycles. The van der Waals surface area contributed by atoms with Crippen LogP contribution in [0.5, 0.6) is 0 Å². The number of hydrogen-bond donors (Lipinski definition) is 2. The zero-order valence-corrected chi connectivity index (χ0v) is 16.0. The van der Waals surface area contributed by atoms with Crippen LogP contribution in [0.3, 0.4) is 0 Å². The number of nitrogens with one attached hydrogen (secondary N) is 2. The van der Waals surface area contributed by atoms with E-state index in [9.17, 15) is 4.39 Å². The van der Waals surface area contributed by atoms with Gasteiger partial charge >= 0.3 is 0 Å². The fourth-order valence-electron chi connectivity index (χ4n) is 2.07. The zero-order chi connectivity index (χ0) is 16.7. The number of benzene rings is 2. The molecule has 0 radical (unpaired) electrons. The number of rotatable bonds is 4. The minimum absolute atomic E-state index is 0. The molecular weight excluding hydrogens is 418 g/mol. The van der Waals surface area contributed by atoms with E-state index in [2.05, 4.69) is 27.8 Å². The van der Waals surface area contributed by atoms with E-state index in [1.54, 1.807) is 7.05 Å². The number of nitrogens with zero attached hydrogens (tertiary/aromatic N) is 2. The van der Waals surface area contributed by atoms with Crippen molar-refractivity contribution >= 4 is 29.9 Å². The van der Waals surface area contributed by atoms with E-state index in [0.29, 0.717) is 23.6 Å². The van der Waals surface area contributed by atoms with Crippen molar-refractivity contribution in [1.29, 1.82) is 5.26 Å². The van der Waals surface area contributed by atoms with E-state index in [1.165, 1.54) is 23.8 Å². The minimum Gasteiger partial charge on any atom is -0.352 e. The normalized spacial score (nSPS) is 10.5. The fourth-order valence-corrected chi connectivity index (χ4v) is 2.07. The van der Waals surface area contributed by atoms with Crippen molar-refractivity contribution in [3.8, 4) is 6.07 Å². The average molecular weight is 438 g/mol. The Kier molecular flexibility index (Phi) is 8.19. The minimum atomic E-state index is -0.342. The van der Waals surface area contributed by atoms with Crippen molar-refractivity contribution in [2.75, 3.05) is 7.05 Å². The number of halogens is 2. The second-order valence-electron chi connectivity index (χ2n) is 5.18. The molecular formula is C18H20FIN4. The molecule has 0 bridgehead atoms. The van der Waals surface area contributed by atoms with Crippen molar-refractivity contribution < 1.29 is 4.39 Å². The summed E-state index contributed by atoms with van der Waals surface area (Å²) in [7, 11) is 1.66. The molecule has 0 aliphatic carbocycles.